The fourth-order valence-electron chi connectivity index (χ4n) is 1.64. The third-order valence-electron chi connectivity index (χ3n) is 2.81. The first-order valence-corrected chi connectivity index (χ1v) is 8.22. The van der Waals surface area contributed by atoms with E-state index in [2.05, 4.69) is 18.6 Å². The molecule has 0 saturated carbocycles. The average Bonchev–Trinajstić information content (AvgIpc) is 2.42. The summed E-state index contributed by atoms with van der Waals surface area (Å²) in [5.41, 5.74) is 0.390. The minimum atomic E-state index is -3.60. The molecule has 0 aliphatic rings. The maximum absolute atomic E-state index is 12.1. The van der Waals surface area contributed by atoms with Crippen molar-refractivity contribution >= 4 is 10.0 Å². The molecule has 0 unspecified atom stereocenters. The number of hydrogen-bond donors (Lipinski definition) is 2. The second-order valence-corrected chi connectivity index (χ2v) is 6.69. The molecule has 0 aliphatic carbocycles. The van der Waals surface area contributed by atoms with Gasteiger partial charge in [0.2, 0.25) is 10.0 Å². The van der Waals surface area contributed by atoms with E-state index in [4.69, 9.17) is 9.84 Å². The molecule has 5 nitrogen and oxygen atoms in total. The van der Waals surface area contributed by atoms with Crippen molar-refractivity contribution in [3.63, 3.8) is 0 Å². The monoisotopic (exact) mass is 301 g/mol. The number of benzene rings is 1. The maximum atomic E-state index is 12.1. The van der Waals surface area contributed by atoms with E-state index < -0.39 is 10.0 Å². The minimum Gasteiger partial charge on any atom is -0.392 e. The van der Waals surface area contributed by atoms with Gasteiger partial charge < -0.3 is 9.84 Å². The lowest BCUT2D eigenvalue weighted by Crippen LogP contribution is -2.28. The molecule has 0 amide bonds. The molecule has 0 aromatic heterocycles. The van der Waals surface area contributed by atoms with Crippen molar-refractivity contribution in [1.82, 2.24) is 4.72 Å². The van der Waals surface area contributed by atoms with Gasteiger partial charge in [-0.1, -0.05) is 32.0 Å². The molecule has 0 fully saturated rings. The predicted molar refractivity (Wildman–Crippen MR) is 77.8 cm³/mol. The van der Waals surface area contributed by atoms with Crippen LogP contribution in [0.2, 0.25) is 0 Å². The highest BCUT2D eigenvalue weighted by atomic mass is 32.2. The number of rotatable bonds is 9. The molecule has 0 heterocycles. The van der Waals surface area contributed by atoms with Gasteiger partial charge in [-0.15, -0.1) is 0 Å². The van der Waals surface area contributed by atoms with Crippen LogP contribution < -0.4 is 4.72 Å². The SMILES string of the molecule is CC(C)CCOCCNS(=O)(=O)c1ccccc1CO. The van der Waals surface area contributed by atoms with E-state index in [-0.39, 0.29) is 18.0 Å². The highest BCUT2D eigenvalue weighted by molar-refractivity contribution is 7.89. The van der Waals surface area contributed by atoms with Crippen molar-refractivity contribution in [2.24, 2.45) is 5.92 Å². The standard InChI is InChI=1S/C14H23NO4S/c1-12(2)7-9-19-10-8-15-20(17,18)14-6-4-3-5-13(14)11-16/h3-6,12,15-16H,7-11H2,1-2H3. The molecule has 0 bridgehead atoms. The zero-order chi connectivity index (χ0) is 15.0. The molecule has 2 N–H and O–H groups in total. The molecule has 6 heteroatoms. The molecule has 0 saturated heterocycles. The normalized spacial score (nSPS) is 12.0. The highest BCUT2D eigenvalue weighted by Crippen LogP contribution is 2.14. The van der Waals surface area contributed by atoms with Crippen LogP contribution in [0.3, 0.4) is 0 Å². The molecule has 0 radical (unpaired) electrons. The summed E-state index contributed by atoms with van der Waals surface area (Å²) < 4.78 is 32.0. The topological polar surface area (TPSA) is 75.6 Å². The second-order valence-electron chi connectivity index (χ2n) is 4.96. The summed E-state index contributed by atoms with van der Waals surface area (Å²) >= 11 is 0. The van der Waals surface area contributed by atoms with E-state index in [0.717, 1.165) is 6.42 Å². The van der Waals surface area contributed by atoms with Crippen LogP contribution in [-0.4, -0.2) is 33.3 Å². The van der Waals surface area contributed by atoms with Gasteiger partial charge in [0.25, 0.3) is 0 Å². The van der Waals surface area contributed by atoms with Crippen molar-refractivity contribution in [2.75, 3.05) is 19.8 Å². The Labute approximate surface area is 121 Å². The number of aliphatic hydroxyl groups is 1. The molecular weight excluding hydrogens is 278 g/mol. The lowest BCUT2D eigenvalue weighted by Gasteiger charge is -2.10. The van der Waals surface area contributed by atoms with Gasteiger partial charge in [-0.3, -0.25) is 0 Å². The largest absolute Gasteiger partial charge is 0.392 e. The van der Waals surface area contributed by atoms with Gasteiger partial charge in [0.15, 0.2) is 0 Å². The lowest BCUT2D eigenvalue weighted by molar-refractivity contribution is 0.128. The Hall–Kier alpha value is -0.950. The zero-order valence-corrected chi connectivity index (χ0v) is 12.8. The number of hydrogen-bond acceptors (Lipinski definition) is 4. The first kappa shape index (κ1) is 17.1. The molecule has 20 heavy (non-hydrogen) atoms. The predicted octanol–water partition coefficient (Wildman–Crippen LogP) is 1.52. The first-order valence-electron chi connectivity index (χ1n) is 6.73. The van der Waals surface area contributed by atoms with Crippen molar-refractivity contribution in [2.45, 2.75) is 31.8 Å². The van der Waals surface area contributed by atoms with Crippen molar-refractivity contribution < 1.29 is 18.3 Å². The van der Waals surface area contributed by atoms with Crippen molar-refractivity contribution in [3.05, 3.63) is 29.8 Å². The highest BCUT2D eigenvalue weighted by Gasteiger charge is 2.16. The fraction of sp³-hybridized carbons (Fsp3) is 0.571. The third-order valence-corrected chi connectivity index (χ3v) is 4.37. The van der Waals surface area contributed by atoms with Crippen LogP contribution >= 0.6 is 0 Å². The molecule has 0 aliphatic heterocycles. The van der Waals surface area contributed by atoms with E-state index in [1.807, 2.05) is 0 Å². The van der Waals surface area contributed by atoms with Crippen LogP contribution in [0.4, 0.5) is 0 Å². The van der Waals surface area contributed by atoms with Gasteiger partial charge in [-0.05, 0) is 24.0 Å². The summed E-state index contributed by atoms with van der Waals surface area (Å²) in [6.45, 7) is 5.11. The molecule has 0 atom stereocenters. The van der Waals surface area contributed by atoms with Gasteiger partial charge in [0.1, 0.15) is 0 Å². The fourth-order valence-corrected chi connectivity index (χ4v) is 2.89. The number of aliphatic hydroxyl groups excluding tert-OH is 1. The third kappa shape index (κ3) is 5.58. The Kier molecular flexibility index (Phi) is 7.15. The summed E-state index contributed by atoms with van der Waals surface area (Å²) in [5, 5.41) is 9.16. The number of ether oxygens (including phenoxy) is 1. The Bertz CT molecular complexity index is 500. The Morgan fingerprint density at radius 3 is 2.60 bits per heavy atom. The summed E-state index contributed by atoms with van der Waals surface area (Å²) in [5.74, 6) is 0.572. The van der Waals surface area contributed by atoms with E-state index in [0.29, 0.717) is 24.7 Å². The average molecular weight is 301 g/mol. The van der Waals surface area contributed by atoms with Gasteiger partial charge >= 0.3 is 0 Å². The number of sulfonamides is 1. The summed E-state index contributed by atoms with van der Waals surface area (Å²) in [6.07, 6.45) is 0.958. The molecule has 0 spiro atoms. The van der Waals surface area contributed by atoms with Crippen molar-refractivity contribution in [1.29, 1.82) is 0 Å². The van der Waals surface area contributed by atoms with Crippen LogP contribution in [0.15, 0.2) is 29.2 Å². The lowest BCUT2D eigenvalue weighted by atomic mass is 10.1. The van der Waals surface area contributed by atoms with Crippen LogP contribution in [0, 0.1) is 5.92 Å². The van der Waals surface area contributed by atoms with Gasteiger partial charge in [-0.2, -0.15) is 0 Å². The van der Waals surface area contributed by atoms with Crippen LogP contribution in [-0.2, 0) is 21.4 Å². The number of nitrogens with one attached hydrogen (secondary N) is 1. The summed E-state index contributed by atoms with van der Waals surface area (Å²) in [6, 6.07) is 6.40. The zero-order valence-electron chi connectivity index (χ0n) is 12.0. The van der Waals surface area contributed by atoms with E-state index in [9.17, 15) is 8.42 Å². The molecule has 1 aromatic carbocycles. The molecule has 1 rings (SSSR count). The van der Waals surface area contributed by atoms with Crippen LogP contribution in [0.25, 0.3) is 0 Å². The second kappa shape index (κ2) is 8.36. The smallest absolute Gasteiger partial charge is 0.241 e. The molecule has 114 valence electrons. The molecule has 1 aromatic rings. The van der Waals surface area contributed by atoms with E-state index >= 15 is 0 Å². The Balaban J connectivity index is 2.46. The Morgan fingerprint density at radius 1 is 1.25 bits per heavy atom. The van der Waals surface area contributed by atoms with Crippen LogP contribution in [0.1, 0.15) is 25.8 Å². The van der Waals surface area contributed by atoms with E-state index in [1.54, 1.807) is 18.2 Å². The van der Waals surface area contributed by atoms with Gasteiger partial charge in [-0.25, -0.2) is 13.1 Å². The Morgan fingerprint density at radius 2 is 1.95 bits per heavy atom. The minimum absolute atomic E-state index is 0.115. The maximum Gasteiger partial charge on any atom is 0.241 e. The van der Waals surface area contributed by atoms with Gasteiger partial charge in [0.05, 0.1) is 18.1 Å². The first-order chi connectivity index (χ1) is 9.47. The summed E-state index contributed by atoms with van der Waals surface area (Å²) in [7, 11) is -3.60. The molecular formula is C14H23NO4S. The van der Waals surface area contributed by atoms with E-state index in [1.165, 1.54) is 6.07 Å². The van der Waals surface area contributed by atoms with Crippen LogP contribution in [0.5, 0.6) is 0 Å². The van der Waals surface area contributed by atoms with Crippen molar-refractivity contribution in [3.8, 4) is 0 Å². The summed E-state index contributed by atoms with van der Waals surface area (Å²) in [4.78, 5) is 0.115. The quantitative estimate of drug-likeness (QED) is 0.678. The van der Waals surface area contributed by atoms with Gasteiger partial charge in [0, 0.05) is 13.2 Å².